The minimum absolute atomic E-state index is 1.22. The van der Waals surface area contributed by atoms with Crippen LogP contribution in [0.1, 0.15) is 0 Å². The Labute approximate surface area is 292 Å². The number of para-hydroxylation sites is 1. The lowest BCUT2D eigenvalue weighted by Crippen LogP contribution is -1.93. The fourth-order valence-electron chi connectivity index (χ4n) is 8.33. The fraction of sp³-hybridized carbons (Fsp3) is 0. The predicted molar refractivity (Wildman–Crippen MR) is 217 cm³/mol. The van der Waals surface area contributed by atoms with Crippen molar-refractivity contribution in [1.82, 2.24) is 4.57 Å². The highest BCUT2D eigenvalue weighted by Crippen LogP contribution is 2.45. The summed E-state index contributed by atoms with van der Waals surface area (Å²) in [5, 5.41) is 13.0. The lowest BCUT2D eigenvalue weighted by molar-refractivity contribution is 1.20. The number of thiophene rings is 1. The Balaban J connectivity index is 1.14. The molecule has 0 spiro atoms. The van der Waals surface area contributed by atoms with Gasteiger partial charge in [0.2, 0.25) is 0 Å². The van der Waals surface area contributed by atoms with E-state index in [1.165, 1.54) is 102 Å². The summed E-state index contributed by atoms with van der Waals surface area (Å²) in [6.07, 6.45) is 0. The van der Waals surface area contributed by atoms with Gasteiger partial charge in [-0.2, -0.15) is 0 Å². The van der Waals surface area contributed by atoms with Crippen molar-refractivity contribution in [3.05, 3.63) is 176 Å². The van der Waals surface area contributed by atoms with Crippen LogP contribution in [-0.2, 0) is 0 Å². The fourth-order valence-corrected chi connectivity index (χ4v) is 9.67. The molecule has 0 aliphatic rings. The number of aromatic nitrogens is 1. The summed E-state index contributed by atoms with van der Waals surface area (Å²) < 4.78 is 5.13. The van der Waals surface area contributed by atoms with Crippen molar-refractivity contribution < 1.29 is 0 Å². The van der Waals surface area contributed by atoms with Crippen molar-refractivity contribution >= 4 is 85.6 Å². The zero-order valence-electron chi connectivity index (χ0n) is 27.1. The van der Waals surface area contributed by atoms with Gasteiger partial charge in [-0.1, -0.05) is 146 Å². The predicted octanol–water partition coefficient (Wildman–Crippen LogP) is 13.9. The molecule has 0 unspecified atom stereocenters. The molecule has 0 N–H and O–H groups in total. The minimum Gasteiger partial charge on any atom is -0.308 e. The molecule has 50 heavy (non-hydrogen) atoms. The molecule has 9 aromatic carbocycles. The Hall–Kier alpha value is -6.22. The molecule has 0 amide bonds. The van der Waals surface area contributed by atoms with Crippen molar-refractivity contribution in [3.8, 4) is 27.9 Å². The van der Waals surface area contributed by atoms with Gasteiger partial charge in [-0.25, -0.2) is 0 Å². The third-order valence-corrected chi connectivity index (χ3v) is 11.9. The third kappa shape index (κ3) is 3.94. The molecule has 0 fully saturated rings. The highest BCUT2D eigenvalue weighted by Gasteiger charge is 2.18. The molecule has 0 aliphatic heterocycles. The molecule has 2 heteroatoms. The van der Waals surface area contributed by atoms with Crippen molar-refractivity contribution in [1.29, 1.82) is 0 Å². The van der Waals surface area contributed by atoms with Gasteiger partial charge in [-0.3, -0.25) is 0 Å². The van der Waals surface area contributed by atoms with E-state index in [9.17, 15) is 0 Å². The van der Waals surface area contributed by atoms with E-state index in [1.807, 2.05) is 11.3 Å². The number of rotatable bonds is 3. The maximum atomic E-state index is 2.48. The van der Waals surface area contributed by atoms with Gasteiger partial charge in [0.05, 0.1) is 21.4 Å². The smallest absolute Gasteiger partial charge is 0.0640 e. The molecule has 2 aromatic heterocycles. The summed E-state index contributed by atoms with van der Waals surface area (Å²) in [5.74, 6) is 0. The average Bonchev–Trinajstić information content (AvgIpc) is 3.74. The standard InChI is InChI=1S/C48H29NS/c1-2-12-30(13-3-1)33-19-10-20-40-41-21-11-23-46(48(41)50-47(33)40)49-44-22-9-8-18-39(44)43-29-32(25-27-45(43)49)31-24-26-38-36-16-5-4-14-34(36)35-15-6-7-17-37(35)42(38)28-31/h1-29H. The molecule has 2 heterocycles. The Kier molecular flexibility index (Phi) is 5.89. The highest BCUT2D eigenvalue weighted by molar-refractivity contribution is 7.26. The molecular formula is C48H29NS. The second-order valence-corrected chi connectivity index (χ2v) is 14.3. The van der Waals surface area contributed by atoms with Crippen LogP contribution < -0.4 is 0 Å². The number of nitrogens with zero attached hydrogens (tertiary/aromatic N) is 1. The SMILES string of the molecule is c1ccc(-c2cccc3c2sc2c(-n4c5ccccc5c5cc(-c6ccc7c8ccccc8c8ccccc8c7c6)ccc54)cccc23)cc1. The maximum absolute atomic E-state index is 2.48. The summed E-state index contributed by atoms with van der Waals surface area (Å²) in [4.78, 5) is 0. The lowest BCUT2D eigenvalue weighted by Gasteiger charge is -2.12. The van der Waals surface area contributed by atoms with Gasteiger partial charge in [0, 0.05) is 26.2 Å². The van der Waals surface area contributed by atoms with E-state index in [1.54, 1.807) is 0 Å². The van der Waals surface area contributed by atoms with Crippen molar-refractivity contribution in [2.45, 2.75) is 0 Å². The molecule has 0 saturated heterocycles. The molecule has 232 valence electrons. The van der Waals surface area contributed by atoms with E-state index in [0.29, 0.717) is 0 Å². The monoisotopic (exact) mass is 651 g/mol. The van der Waals surface area contributed by atoms with Crippen molar-refractivity contribution in [3.63, 3.8) is 0 Å². The Morgan fingerprint density at radius 1 is 0.300 bits per heavy atom. The molecule has 0 radical (unpaired) electrons. The first-order valence-electron chi connectivity index (χ1n) is 17.2. The topological polar surface area (TPSA) is 4.93 Å². The van der Waals surface area contributed by atoms with Crippen LogP contribution >= 0.6 is 11.3 Å². The third-order valence-electron chi connectivity index (χ3n) is 10.6. The number of hydrogen-bond acceptors (Lipinski definition) is 1. The molecule has 0 bridgehead atoms. The van der Waals surface area contributed by atoms with Crippen LogP contribution in [0.4, 0.5) is 0 Å². The maximum Gasteiger partial charge on any atom is 0.0640 e. The summed E-state index contributed by atoms with van der Waals surface area (Å²) >= 11 is 1.91. The van der Waals surface area contributed by atoms with Crippen LogP contribution in [0.25, 0.3) is 102 Å². The highest BCUT2D eigenvalue weighted by atomic mass is 32.1. The van der Waals surface area contributed by atoms with E-state index in [0.717, 1.165) is 0 Å². The Morgan fingerprint density at radius 3 is 1.56 bits per heavy atom. The molecular weight excluding hydrogens is 623 g/mol. The number of benzene rings is 9. The molecule has 11 rings (SSSR count). The van der Waals surface area contributed by atoms with Gasteiger partial charge >= 0.3 is 0 Å². The van der Waals surface area contributed by atoms with Gasteiger partial charge in [0.25, 0.3) is 0 Å². The first-order valence-corrected chi connectivity index (χ1v) is 18.0. The molecule has 1 nitrogen and oxygen atoms in total. The first kappa shape index (κ1) is 27.7. The van der Waals surface area contributed by atoms with Gasteiger partial charge in [0.1, 0.15) is 0 Å². The first-order chi connectivity index (χ1) is 24.8. The van der Waals surface area contributed by atoms with Crippen molar-refractivity contribution in [2.75, 3.05) is 0 Å². The van der Waals surface area contributed by atoms with Crippen LogP contribution in [0.2, 0.25) is 0 Å². The molecule has 0 atom stereocenters. The minimum atomic E-state index is 1.22. The van der Waals surface area contributed by atoms with Gasteiger partial charge in [0.15, 0.2) is 0 Å². The van der Waals surface area contributed by atoms with Crippen LogP contribution in [-0.4, -0.2) is 4.57 Å². The van der Waals surface area contributed by atoms with Crippen LogP contribution in [0.15, 0.2) is 176 Å². The summed E-state index contributed by atoms with van der Waals surface area (Å²) in [7, 11) is 0. The van der Waals surface area contributed by atoms with Gasteiger partial charge in [-0.05, 0) is 84.9 Å². The lowest BCUT2D eigenvalue weighted by atomic mass is 9.92. The van der Waals surface area contributed by atoms with E-state index in [4.69, 9.17) is 0 Å². The van der Waals surface area contributed by atoms with Crippen LogP contribution in [0, 0.1) is 0 Å². The van der Waals surface area contributed by atoms with E-state index in [2.05, 4.69) is 180 Å². The quantitative estimate of drug-likeness (QED) is 0.168. The molecule has 11 aromatic rings. The van der Waals surface area contributed by atoms with E-state index >= 15 is 0 Å². The second-order valence-electron chi connectivity index (χ2n) is 13.2. The summed E-state index contributed by atoms with van der Waals surface area (Å²) in [5.41, 5.74) is 8.68. The zero-order chi connectivity index (χ0) is 32.8. The van der Waals surface area contributed by atoms with Crippen LogP contribution in [0.5, 0.6) is 0 Å². The Morgan fingerprint density at radius 2 is 0.820 bits per heavy atom. The normalized spacial score (nSPS) is 12.0. The second kappa shape index (κ2) is 10.6. The van der Waals surface area contributed by atoms with Gasteiger partial charge in [-0.15, -0.1) is 11.3 Å². The Bertz CT molecular complexity index is 3110. The summed E-state index contributed by atoms with van der Waals surface area (Å²) in [6.45, 7) is 0. The van der Waals surface area contributed by atoms with Crippen LogP contribution in [0.3, 0.4) is 0 Å². The van der Waals surface area contributed by atoms with E-state index < -0.39 is 0 Å². The molecule has 0 aliphatic carbocycles. The average molecular weight is 652 g/mol. The molecule has 0 saturated carbocycles. The summed E-state index contributed by atoms with van der Waals surface area (Å²) in [6, 6.07) is 64.8. The van der Waals surface area contributed by atoms with Crippen molar-refractivity contribution in [2.24, 2.45) is 0 Å². The largest absolute Gasteiger partial charge is 0.308 e. The number of hydrogen-bond donors (Lipinski definition) is 0. The number of fused-ring (bicyclic) bond motifs is 12. The zero-order valence-corrected chi connectivity index (χ0v) is 27.9. The van der Waals surface area contributed by atoms with Gasteiger partial charge < -0.3 is 4.57 Å². The van der Waals surface area contributed by atoms with E-state index in [-0.39, 0.29) is 0 Å².